The lowest BCUT2D eigenvalue weighted by molar-refractivity contribution is -0.125. The second-order valence-electron chi connectivity index (χ2n) is 5.48. The largest absolute Gasteiger partial charge is 0.355 e. The highest BCUT2D eigenvalue weighted by atomic mass is 35.5. The maximum absolute atomic E-state index is 12.2. The summed E-state index contributed by atoms with van der Waals surface area (Å²) in [6.07, 6.45) is 3.17. The second-order valence-corrected chi connectivity index (χ2v) is 6.29. The average molecular weight is 377 g/mol. The van der Waals surface area contributed by atoms with E-state index in [0.29, 0.717) is 22.2 Å². The van der Waals surface area contributed by atoms with Gasteiger partial charge in [0.1, 0.15) is 0 Å². The van der Waals surface area contributed by atoms with Crippen molar-refractivity contribution in [1.82, 2.24) is 10.2 Å². The van der Waals surface area contributed by atoms with E-state index in [1.807, 2.05) is 12.1 Å². The molecule has 130 valence electrons. The molecule has 2 aromatic rings. The molecule has 0 radical (unpaired) electrons. The number of benzene rings is 2. The number of halogens is 2. The Morgan fingerprint density at radius 2 is 1.76 bits per heavy atom. The molecular weight excluding hydrogens is 359 g/mol. The molecule has 0 heterocycles. The summed E-state index contributed by atoms with van der Waals surface area (Å²) in [6, 6.07) is 12.3. The van der Waals surface area contributed by atoms with Gasteiger partial charge < -0.3 is 10.2 Å². The number of nitrogens with one attached hydrogen (secondary N) is 1. The van der Waals surface area contributed by atoms with Crippen LogP contribution in [0.5, 0.6) is 0 Å². The molecule has 1 N–H and O–H groups in total. The van der Waals surface area contributed by atoms with Gasteiger partial charge in [-0.15, -0.1) is 0 Å². The first kappa shape index (κ1) is 19.0. The highest BCUT2D eigenvalue weighted by Crippen LogP contribution is 2.23. The zero-order valence-electron chi connectivity index (χ0n) is 13.9. The van der Waals surface area contributed by atoms with E-state index >= 15 is 0 Å². The fourth-order valence-electron chi connectivity index (χ4n) is 2.17. The van der Waals surface area contributed by atoms with Crippen LogP contribution in [0.15, 0.2) is 48.5 Å². The summed E-state index contributed by atoms with van der Waals surface area (Å²) in [6.45, 7) is 0.443. The van der Waals surface area contributed by atoms with Gasteiger partial charge in [0.25, 0.3) is 5.91 Å². The third kappa shape index (κ3) is 5.34. The van der Waals surface area contributed by atoms with Gasteiger partial charge in [-0.3, -0.25) is 9.59 Å². The molecular formula is C19H18Cl2N2O2. The van der Waals surface area contributed by atoms with E-state index in [-0.39, 0.29) is 11.8 Å². The Morgan fingerprint density at radius 1 is 1.08 bits per heavy atom. The van der Waals surface area contributed by atoms with Gasteiger partial charge in [0, 0.05) is 32.3 Å². The van der Waals surface area contributed by atoms with Gasteiger partial charge in [-0.25, -0.2) is 0 Å². The smallest absolute Gasteiger partial charge is 0.251 e. The Kier molecular flexibility index (Phi) is 6.62. The van der Waals surface area contributed by atoms with E-state index in [2.05, 4.69) is 5.32 Å². The minimum absolute atomic E-state index is 0.138. The van der Waals surface area contributed by atoms with Crippen LogP contribution in [-0.4, -0.2) is 30.8 Å². The summed E-state index contributed by atoms with van der Waals surface area (Å²) in [5.74, 6) is -0.276. The molecule has 0 saturated heterocycles. The highest BCUT2D eigenvalue weighted by molar-refractivity contribution is 6.42. The van der Waals surface area contributed by atoms with Crippen molar-refractivity contribution in [2.45, 2.75) is 6.54 Å². The Balaban J connectivity index is 1.98. The molecule has 0 bridgehead atoms. The molecule has 0 aliphatic heterocycles. The molecule has 0 aliphatic carbocycles. The number of carbonyl (C=O) groups excluding carboxylic acids is 2. The monoisotopic (exact) mass is 376 g/mol. The van der Waals surface area contributed by atoms with Crippen LogP contribution >= 0.6 is 23.2 Å². The summed E-state index contributed by atoms with van der Waals surface area (Å²) in [5, 5.41) is 3.49. The molecule has 0 aliphatic rings. The Morgan fingerprint density at radius 3 is 2.36 bits per heavy atom. The minimum atomic E-state index is -0.138. The van der Waals surface area contributed by atoms with Crippen LogP contribution in [0.4, 0.5) is 0 Å². The van der Waals surface area contributed by atoms with E-state index in [1.54, 1.807) is 55.4 Å². The van der Waals surface area contributed by atoms with E-state index in [0.717, 1.165) is 11.1 Å². The van der Waals surface area contributed by atoms with E-state index < -0.39 is 0 Å². The normalized spacial score (nSPS) is 10.7. The SMILES string of the molecule is CNC(=O)c1ccc(CN(C)C(=O)/C=C/c2ccc(Cl)c(Cl)c2)cc1. The van der Waals surface area contributed by atoms with E-state index in [4.69, 9.17) is 23.2 Å². The van der Waals surface area contributed by atoms with Crippen LogP contribution in [0.3, 0.4) is 0 Å². The predicted molar refractivity (Wildman–Crippen MR) is 102 cm³/mol. The highest BCUT2D eigenvalue weighted by Gasteiger charge is 2.07. The number of amides is 2. The fourth-order valence-corrected chi connectivity index (χ4v) is 2.47. The third-order valence-electron chi connectivity index (χ3n) is 3.60. The van der Waals surface area contributed by atoms with Gasteiger partial charge in [-0.2, -0.15) is 0 Å². The van der Waals surface area contributed by atoms with Crippen molar-refractivity contribution in [3.05, 3.63) is 75.3 Å². The molecule has 0 fully saturated rings. The molecule has 25 heavy (non-hydrogen) atoms. The summed E-state index contributed by atoms with van der Waals surface area (Å²) in [5.41, 5.74) is 2.32. The first-order valence-corrected chi connectivity index (χ1v) is 8.35. The van der Waals surface area contributed by atoms with Crippen LogP contribution in [0.2, 0.25) is 10.0 Å². The molecule has 0 spiro atoms. The molecule has 6 heteroatoms. The fraction of sp³-hybridized carbons (Fsp3) is 0.158. The lowest BCUT2D eigenvalue weighted by atomic mass is 10.1. The average Bonchev–Trinajstić information content (AvgIpc) is 2.62. The van der Waals surface area contributed by atoms with Crippen LogP contribution in [-0.2, 0) is 11.3 Å². The summed E-state index contributed by atoms with van der Waals surface area (Å²) in [4.78, 5) is 25.3. The van der Waals surface area contributed by atoms with Gasteiger partial charge >= 0.3 is 0 Å². The lowest BCUT2D eigenvalue weighted by Crippen LogP contribution is -2.24. The van der Waals surface area contributed by atoms with Gasteiger partial charge in [0.05, 0.1) is 10.0 Å². The van der Waals surface area contributed by atoms with E-state index in [9.17, 15) is 9.59 Å². The van der Waals surface area contributed by atoms with Gasteiger partial charge in [-0.05, 0) is 41.5 Å². The van der Waals surface area contributed by atoms with Crippen LogP contribution in [0, 0.1) is 0 Å². The topological polar surface area (TPSA) is 49.4 Å². The number of hydrogen-bond donors (Lipinski definition) is 1. The summed E-state index contributed by atoms with van der Waals surface area (Å²) in [7, 11) is 3.30. The zero-order chi connectivity index (χ0) is 18.4. The van der Waals surface area contributed by atoms with Crippen LogP contribution in [0.25, 0.3) is 6.08 Å². The van der Waals surface area contributed by atoms with Crippen LogP contribution in [0.1, 0.15) is 21.5 Å². The van der Waals surface area contributed by atoms with Crippen LogP contribution < -0.4 is 5.32 Å². The third-order valence-corrected chi connectivity index (χ3v) is 4.34. The number of nitrogens with zero attached hydrogens (tertiary/aromatic N) is 1. The molecule has 2 aromatic carbocycles. The minimum Gasteiger partial charge on any atom is -0.355 e. The number of likely N-dealkylation sites (N-methyl/N-ethyl adjacent to an activating group) is 1. The number of carbonyl (C=O) groups is 2. The predicted octanol–water partition coefficient (Wildman–Crippen LogP) is 4.02. The van der Waals surface area contributed by atoms with Gasteiger partial charge in [0.15, 0.2) is 0 Å². The zero-order valence-corrected chi connectivity index (χ0v) is 15.4. The van der Waals surface area contributed by atoms with Crippen molar-refractivity contribution < 1.29 is 9.59 Å². The van der Waals surface area contributed by atoms with Crippen molar-refractivity contribution in [3.8, 4) is 0 Å². The first-order chi connectivity index (χ1) is 11.9. The van der Waals surface area contributed by atoms with Crippen molar-refractivity contribution in [3.63, 3.8) is 0 Å². The van der Waals surface area contributed by atoms with Crippen molar-refractivity contribution >= 4 is 41.1 Å². The second kappa shape index (κ2) is 8.70. The van der Waals surface area contributed by atoms with Gasteiger partial charge in [-0.1, -0.05) is 41.4 Å². The molecule has 2 amide bonds. The van der Waals surface area contributed by atoms with Crippen molar-refractivity contribution in [2.75, 3.05) is 14.1 Å². The lowest BCUT2D eigenvalue weighted by Gasteiger charge is -2.15. The molecule has 0 aromatic heterocycles. The molecule has 0 unspecified atom stereocenters. The Hall–Kier alpha value is -2.30. The molecule has 0 atom stereocenters. The quantitative estimate of drug-likeness (QED) is 0.800. The molecule has 4 nitrogen and oxygen atoms in total. The molecule has 0 saturated carbocycles. The number of rotatable bonds is 5. The maximum Gasteiger partial charge on any atom is 0.251 e. The number of hydrogen-bond acceptors (Lipinski definition) is 2. The maximum atomic E-state index is 12.2. The Labute approximate surface area is 157 Å². The summed E-state index contributed by atoms with van der Waals surface area (Å²) < 4.78 is 0. The van der Waals surface area contributed by atoms with E-state index in [1.165, 1.54) is 6.08 Å². The van der Waals surface area contributed by atoms with Crippen molar-refractivity contribution in [2.24, 2.45) is 0 Å². The summed E-state index contributed by atoms with van der Waals surface area (Å²) >= 11 is 11.8. The first-order valence-electron chi connectivity index (χ1n) is 7.60. The Bertz CT molecular complexity index is 802. The van der Waals surface area contributed by atoms with Crippen molar-refractivity contribution in [1.29, 1.82) is 0 Å². The molecule has 2 rings (SSSR count). The van der Waals surface area contributed by atoms with Gasteiger partial charge in [0.2, 0.25) is 5.91 Å². The standard InChI is InChI=1S/C19H18Cl2N2O2/c1-22-19(25)15-7-3-14(4-8-15)12-23(2)18(24)10-6-13-5-9-16(20)17(21)11-13/h3-11H,12H2,1-2H3,(H,22,25)/b10-6+.